The van der Waals surface area contributed by atoms with Crippen LogP contribution in [0.15, 0.2) is 24.3 Å². The fourth-order valence-electron chi connectivity index (χ4n) is 5.05. The molecule has 1 aromatic heterocycles. The molecular formula is C22H29N3O2. The van der Waals surface area contributed by atoms with Gasteiger partial charge in [0, 0.05) is 38.6 Å². The molecule has 2 aromatic rings. The number of para-hydroxylation sites is 1. The Hall–Kier alpha value is -2.30. The summed E-state index contributed by atoms with van der Waals surface area (Å²) in [6.45, 7) is 7.11. The zero-order valence-corrected chi connectivity index (χ0v) is 16.6. The monoisotopic (exact) mass is 367 g/mol. The molecule has 0 radical (unpaired) electrons. The first-order valence-electron chi connectivity index (χ1n) is 10.1. The average Bonchev–Trinajstić information content (AvgIpc) is 3.22. The van der Waals surface area contributed by atoms with Crippen LogP contribution in [0.25, 0.3) is 10.9 Å². The van der Waals surface area contributed by atoms with Gasteiger partial charge in [-0.1, -0.05) is 25.1 Å². The van der Waals surface area contributed by atoms with E-state index < -0.39 is 0 Å². The number of aryl methyl sites for hydroxylation is 2. The second-order valence-electron chi connectivity index (χ2n) is 8.25. The first-order chi connectivity index (χ1) is 13.0. The van der Waals surface area contributed by atoms with Gasteiger partial charge in [-0.3, -0.25) is 9.59 Å². The van der Waals surface area contributed by atoms with Gasteiger partial charge >= 0.3 is 0 Å². The fourth-order valence-corrected chi connectivity index (χ4v) is 5.05. The Morgan fingerprint density at radius 3 is 2.78 bits per heavy atom. The van der Waals surface area contributed by atoms with E-state index in [1.165, 1.54) is 5.56 Å². The molecule has 1 atom stereocenters. The highest BCUT2D eigenvalue weighted by Gasteiger charge is 2.49. The number of amides is 2. The molecule has 27 heavy (non-hydrogen) atoms. The van der Waals surface area contributed by atoms with E-state index in [0.29, 0.717) is 18.8 Å². The van der Waals surface area contributed by atoms with Gasteiger partial charge in [0.2, 0.25) is 5.91 Å². The van der Waals surface area contributed by atoms with Crippen molar-refractivity contribution in [3.63, 3.8) is 0 Å². The van der Waals surface area contributed by atoms with Crippen LogP contribution in [0.2, 0.25) is 0 Å². The van der Waals surface area contributed by atoms with Gasteiger partial charge in [0.25, 0.3) is 5.91 Å². The first-order valence-corrected chi connectivity index (χ1v) is 10.1. The second kappa shape index (κ2) is 6.70. The van der Waals surface area contributed by atoms with Crippen molar-refractivity contribution in [2.45, 2.75) is 39.5 Å². The van der Waals surface area contributed by atoms with Gasteiger partial charge in [-0.25, -0.2) is 0 Å². The molecule has 5 heteroatoms. The van der Waals surface area contributed by atoms with Gasteiger partial charge in [0.05, 0.1) is 10.9 Å². The number of likely N-dealkylation sites (tertiary alicyclic amines) is 2. The normalized spacial score (nSPS) is 23.0. The summed E-state index contributed by atoms with van der Waals surface area (Å²) < 4.78 is 2.00. The molecule has 2 amide bonds. The van der Waals surface area contributed by atoms with Gasteiger partial charge in [-0.15, -0.1) is 0 Å². The van der Waals surface area contributed by atoms with Crippen LogP contribution < -0.4 is 0 Å². The first kappa shape index (κ1) is 18.1. The van der Waals surface area contributed by atoms with E-state index in [2.05, 4.69) is 26.0 Å². The van der Waals surface area contributed by atoms with Crippen LogP contribution in [0.5, 0.6) is 0 Å². The zero-order valence-electron chi connectivity index (χ0n) is 16.6. The Bertz CT molecular complexity index is 898. The van der Waals surface area contributed by atoms with E-state index in [4.69, 9.17) is 0 Å². The number of carbonyl (C=O) groups excluding carboxylic acids is 2. The van der Waals surface area contributed by atoms with Crippen LogP contribution in [-0.4, -0.2) is 52.4 Å². The zero-order chi connectivity index (χ0) is 19.2. The molecule has 1 aromatic carbocycles. The molecule has 0 bridgehead atoms. The van der Waals surface area contributed by atoms with Gasteiger partial charge in [0.1, 0.15) is 5.69 Å². The Labute approximate surface area is 160 Å². The minimum Gasteiger partial charge on any atom is -0.342 e. The van der Waals surface area contributed by atoms with Gasteiger partial charge in [0.15, 0.2) is 0 Å². The number of piperidine rings is 1. The number of rotatable bonds is 3. The van der Waals surface area contributed by atoms with Crippen LogP contribution in [0.3, 0.4) is 0 Å². The molecule has 0 unspecified atom stereocenters. The summed E-state index contributed by atoms with van der Waals surface area (Å²) in [6.07, 6.45) is 3.73. The summed E-state index contributed by atoms with van der Waals surface area (Å²) in [5.74, 6) is 0.309. The molecule has 4 rings (SSSR count). The summed E-state index contributed by atoms with van der Waals surface area (Å²) in [5.41, 5.74) is 2.64. The van der Waals surface area contributed by atoms with Crippen LogP contribution in [0, 0.1) is 12.3 Å². The molecule has 3 heterocycles. The molecule has 0 aliphatic carbocycles. The average molecular weight is 367 g/mol. The van der Waals surface area contributed by atoms with E-state index >= 15 is 0 Å². The third-order valence-corrected chi connectivity index (χ3v) is 6.44. The van der Waals surface area contributed by atoms with E-state index in [0.717, 1.165) is 49.7 Å². The highest BCUT2D eigenvalue weighted by atomic mass is 16.2. The van der Waals surface area contributed by atoms with Crippen molar-refractivity contribution in [1.82, 2.24) is 14.4 Å². The lowest BCUT2D eigenvalue weighted by Crippen LogP contribution is -2.50. The van der Waals surface area contributed by atoms with Crippen molar-refractivity contribution < 1.29 is 9.59 Å². The minimum atomic E-state index is -0.358. The predicted octanol–water partition coefficient (Wildman–Crippen LogP) is 3.35. The van der Waals surface area contributed by atoms with Crippen molar-refractivity contribution in [2.75, 3.05) is 26.2 Å². The fraction of sp³-hybridized carbons (Fsp3) is 0.545. The van der Waals surface area contributed by atoms with Gasteiger partial charge in [-0.05, 0) is 44.2 Å². The Morgan fingerprint density at radius 1 is 1.22 bits per heavy atom. The summed E-state index contributed by atoms with van der Waals surface area (Å²) in [6, 6.07) is 8.14. The van der Waals surface area contributed by atoms with Crippen molar-refractivity contribution >= 4 is 22.7 Å². The van der Waals surface area contributed by atoms with Crippen molar-refractivity contribution in [3.8, 4) is 0 Å². The molecule has 0 N–H and O–H groups in total. The predicted molar refractivity (Wildman–Crippen MR) is 107 cm³/mol. The summed E-state index contributed by atoms with van der Waals surface area (Å²) in [7, 11) is 1.96. The number of aromatic nitrogens is 1. The van der Waals surface area contributed by atoms with Crippen molar-refractivity contribution in [3.05, 3.63) is 35.5 Å². The molecular weight excluding hydrogens is 338 g/mol. The molecule has 2 aliphatic rings. The van der Waals surface area contributed by atoms with Crippen LogP contribution in [0.4, 0.5) is 0 Å². The molecule has 2 aliphatic heterocycles. The smallest absolute Gasteiger partial charge is 0.270 e. The maximum Gasteiger partial charge on any atom is 0.270 e. The Balaban J connectivity index is 1.59. The Morgan fingerprint density at radius 2 is 2.04 bits per heavy atom. The summed E-state index contributed by atoms with van der Waals surface area (Å²) in [4.78, 5) is 30.3. The number of fused-ring (bicyclic) bond motifs is 1. The molecule has 144 valence electrons. The van der Waals surface area contributed by atoms with Crippen molar-refractivity contribution in [1.29, 1.82) is 0 Å². The van der Waals surface area contributed by atoms with Crippen LogP contribution >= 0.6 is 0 Å². The quantitative estimate of drug-likeness (QED) is 0.835. The van der Waals surface area contributed by atoms with E-state index in [1.807, 2.05) is 33.5 Å². The number of hydrogen-bond donors (Lipinski definition) is 0. The summed E-state index contributed by atoms with van der Waals surface area (Å²) >= 11 is 0. The maximum absolute atomic E-state index is 13.3. The van der Waals surface area contributed by atoms with Crippen LogP contribution in [-0.2, 0) is 11.8 Å². The van der Waals surface area contributed by atoms with Crippen LogP contribution in [0.1, 0.15) is 48.7 Å². The largest absolute Gasteiger partial charge is 0.342 e. The van der Waals surface area contributed by atoms with Gasteiger partial charge in [-0.2, -0.15) is 0 Å². The minimum absolute atomic E-state index is 0.0467. The SMILES string of the molecule is CCCN1CCC[C@]2(CCN(C(=O)c3cc4cccc(C)c4n3C)C2)C1=O. The molecule has 2 fully saturated rings. The van der Waals surface area contributed by atoms with E-state index in [1.54, 1.807) is 0 Å². The third kappa shape index (κ3) is 2.84. The third-order valence-electron chi connectivity index (χ3n) is 6.44. The molecule has 5 nitrogen and oxygen atoms in total. The summed E-state index contributed by atoms with van der Waals surface area (Å²) in [5, 5.41) is 1.10. The highest BCUT2D eigenvalue weighted by Crippen LogP contribution is 2.40. The van der Waals surface area contributed by atoms with Gasteiger partial charge < -0.3 is 14.4 Å². The number of nitrogens with zero attached hydrogens (tertiary/aromatic N) is 3. The lowest BCUT2D eigenvalue weighted by molar-refractivity contribution is -0.145. The Kier molecular flexibility index (Phi) is 4.49. The topological polar surface area (TPSA) is 45.5 Å². The molecule has 1 spiro atoms. The number of benzene rings is 1. The lowest BCUT2D eigenvalue weighted by Gasteiger charge is -2.39. The number of hydrogen-bond acceptors (Lipinski definition) is 2. The van der Waals surface area contributed by atoms with E-state index in [-0.39, 0.29) is 17.2 Å². The highest BCUT2D eigenvalue weighted by molar-refractivity contribution is 6.00. The number of carbonyl (C=O) groups is 2. The second-order valence-corrected chi connectivity index (χ2v) is 8.25. The maximum atomic E-state index is 13.3. The lowest BCUT2D eigenvalue weighted by atomic mass is 9.78. The van der Waals surface area contributed by atoms with Crippen molar-refractivity contribution in [2.24, 2.45) is 12.5 Å². The van der Waals surface area contributed by atoms with E-state index in [9.17, 15) is 9.59 Å². The molecule has 2 saturated heterocycles. The standard InChI is InChI=1S/C22H29N3O2/c1-4-11-24-12-6-9-22(21(24)27)10-13-25(15-22)20(26)18-14-17-8-5-7-16(2)19(17)23(18)3/h5,7-8,14H,4,6,9-13,15H2,1-3H3/t22-/m1/s1. The molecule has 0 saturated carbocycles.